The predicted molar refractivity (Wildman–Crippen MR) is 80.4 cm³/mol. The van der Waals surface area contributed by atoms with Crippen LogP contribution in [-0.2, 0) is 9.59 Å². The zero-order valence-corrected chi connectivity index (χ0v) is 12.0. The first-order chi connectivity index (χ1) is 10.4. The number of fused-ring (bicyclic) bond motifs is 1. The van der Waals surface area contributed by atoms with E-state index in [1.165, 1.54) is 6.07 Å². The molecule has 4 N–H and O–H groups in total. The van der Waals surface area contributed by atoms with E-state index in [9.17, 15) is 14.4 Å². The van der Waals surface area contributed by atoms with Crippen molar-refractivity contribution < 1.29 is 19.1 Å². The van der Waals surface area contributed by atoms with E-state index in [1.807, 2.05) is 13.0 Å². The normalized spacial score (nSPS) is 16.8. The van der Waals surface area contributed by atoms with Crippen LogP contribution in [0.15, 0.2) is 33.5 Å². The summed E-state index contributed by atoms with van der Waals surface area (Å²) in [6.45, 7) is 1.87. The lowest BCUT2D eigenvalue weighted by Gasteiger charge is -2.00. The zero-order chi connectivity index (χ0) is 16.3. The molecule has 1 amide bonds. The van der Waals surface area contributed by atoms with Crippen molar-refractivity contribution >= 4 is 28.5 Å². The van der Waals surface area contributed by atoms with E-state index >= 15 is 0 Å². The second kappa shape index (κ2) is 6.30. The smallest absolute Gasteiger partial charge is 0.336 e. The number of aliphatic carboxylic acids is 1. The number of hydrogen-bond acceptors (Lipinski definition) is 5. The van der Waals surface area contributed by atoms with Gasteiger partial charge in [0.25, 0.3) is 0 Å². The van der Waals surface area contributed by atoms with Crippen molar-refractivity contribution in [2.45, 2.75) is 25.8 Å². The van der Waals surface area contributed by atoms with Gasteiger partial charge in [-0.2, -0.15) is 0 Å². The van der Waals surface area contributed by atoms with Gasteiger partial charge in [-0.25, -0.2) is 9.59 Å². The Balaban J connectivity index is 0.000000172. The Bertz CT molecular complexity index is 781. The molecule has 1 fully saturated rings. The van der Waals surface area contributed by atoms with E-state index in [1.54, 1.807) is 12.1 Å². The van der Waals surface area contributed by atoms with Crippen LogP contribution in [0, 0.1) is 6.92 Å². The van der Waals surface area contributed by atoms with Crippen molar-refractivity contribution in [2.75, 3.05) is 5.73 Å². The highest BCUT2D eigenvalue weighted by Crippen LogP contribution is 2.18. The van der Waals surface area contributed by atoms with Gasteiger partial charge in [0.2, 0.25) is 5.91 Å². The summed E-state index contributed by atoms with van der Waals surface area (Å²) in [5, 5.41) is 11.6. The molecular weight excluding hydrogens is 288 g/mol. The van der Waals surface area contributed by atoms with Crippen LogP contribution in [0.3, 0.4) is 0 Å². The summed E-state index contributed by atoms with van der Waals surface area (Å²) in [7, 11) is 0. The molecule has 0 saturated carbocycles. The number of anilines is 1. The summed E-state index contributed by atoms with van der Waals surface area (Å²) in [5.41, 5.74) is 7.28. The first-order valence-corrected chi connectivity index (χ1v) is 6.69. The zero-order valence-electron chi connectivity index (χ0n) is 12.0. The number of carbonyl (C=O) groups excluding carboxylic acids is 1. The summed E-state index contributed by atoms with van der Waals surface area (Å²) in [4.78, 5) is 31.5. The Morgan fingerprint density at radius 1 is 1.36 bits per heavy atom. The molecule has 1 atom stereocenters. The number of benzene rings is 1. The number of nitrogens with one attached hydrogen (secondary N) is 1. The van der Waals surface area contributed by atoms with Crippen LogP contribution in [0.1, 0.15) is 18.4 Å². The van der Waals surface area contributed by atoms with E-state index in [2.05, 4.69) is 5.32 Å². The highest BCUT2D eigenvalue weighted by atomic mass is 16.4. The van der Waals surface area contributed by atoms with Crippen LogP contribution >= 0.6 is 0 Å². The van der Waals surface area contributed by atoms with Crippen molar-refractivity contribution in [3.8, 4) is 0 Å². The van der Waals surface area contributed by atoms with Gasteiger partial charge < -0.3 is 20.6 Å². The van der Waals surface area contributed by atoms with Crippen LogP contribution in [0.2, 0.25) is 0 Å². The van der Waals surface area contributed by atoms with Gasteiger partial charge in [0.05, 0.1) is 0 Å². The summed E-state index contributed by atoms with van der Waals surface area (Å²) in [5.74, 6) is -1.11. The molecule has 1 aromatic carbocycles. The molecule has 1 aromatic heterocycles. The van der Waals surface area contributed by atoms with Crippen molar-refractivity contribution in [1.29, 1.82) is 0 Å². The van der Waals surface area contributed by atoms with Crippen LogP contribution < -0.4 is 16.7 Å². The van der Waals surface area contributed by atoms with Gasteiger partial charge in [0.1, 0.15) is 11.6 Å². The van der Waals surface area contributed by atoms with E-state index in [4.69, 9.17) is 15.3 Å². The number of amides is 1. The molecule has 1 aliphatic heterocycles. The lowest BCUT2D eigenvalue weighted by atomic mass is 10.1. The molecule has 1 aliphatic rings. The minimum atomic E-state index is -0.944. The molecule has 1 saturated heterocycles. The van der Waals surface area contributed by atoms with Gasteiger partial charge in [0, 0.05) is 29.6 Å². The third-order valence-corrected chi connectivity index (χ3v) is 3.27. The first-order valence-electron chi connectivity index (χ1n) is 6.69. The van der Waals surface area contributed by atoms with E-state index < -0.39 is 12.0 Å². The van der Waals surface area contributed by atoms with Crippen molar-refractivity contribution in [2.24, 2.45) is 0 Å². The molecule has 0 spiro atoms. The first kappa shape index (κ1) is 15.6. The number of carbonyl (C=O) groups is 2. The van der Waals surface area contributed by atoms with E-state index in [0.29, 0.717) is 24.1 Å². The maximum atomic E-state index is 11.0. The molecule has 1 unspecified atom stereocenters. The number of nitrogen functional groups attached to an aromatic ring is 1. The molecule has 7 heteroatoms. The maximum absolute atomic E-state index is 11.0. The minimum absolute atomic E-state index is 0.164. The highest BCUT2D eigenvalue weighted by Gasteiger charge is 2.26. The Kier molecular flexibility index (Phi) is 4.45. The van der Waals surface area contributed by atoms with Crippen LogP contribution in [0.4, 0.5) is 5.69 Å². The molecule has 22 heavy (non-hydrogen) atoms. The highest BCUT2D eigenvalue weighted by molar-refractivity contribution is 5.87. The fourth-order valence-electron chi connectivity index (χ4n) is 2.14. The van der Waals surface area contributed by atoms with Crippen LogP contribution in [0.25, 0.3) is 11.0 Å². The van der Waals surface area contributed by atoms with E-state index in [0.717, 1.165) is 10.9 Å². The average molecular weight is 304 g/mol. The molecule has 0 radical (unpaired) electrons. The number of carboxylic acids is 1. The largest absolute Gasteiger partial charge is 0.480 e. The van der Waals surface area contributed by atoms with Crippen molar-refractivity contribution in [1.82, 2.24) is 5.32 Å². The molecule has 116 valence electrons. The fourth-order valence-corrected chi connectivity index (χ4v) is 2.14. The standard InChI is InChI=1S/C10H9NO2.C5H7NO3/c1-6-4-10(12)13-9-5-7(11)2-3-8(6)9;7-4-2-1-3(6-4)5(8)9/h2-5H,11H2,1H3;3H,1-2H2,(H,6,7)(H,8,9). The number of hydrogen-bond donors (Lipinski definition) is 3. The molecule has 2 heterocycles. The third kappa shape index (κ3) is 3.63. The second-order valence-corrected chi connectivity index (χ2v) is 5.00. The van der Waals surface area contributed by atoms with Gasteiger partial charge in [-0.3, -0.25) is 4.79 Å². The Labute approximate surface area is 125 Å². The molecule has 3 rings (SSSR count). The van der Waals surface area contributed by atoms with Crippen molar-refractivity contribution in [3.63, 3.8) is 0 Å². The maximum Gasteiger partial charge on any atom is 0.336 e. The summed E-state index contributed by atoms with van der Waals surface area (Å²) in [6.07, 6.45) is 0.769. The monoisotopic (exact) mass is 304 g/mol. The molecule has 7 nitrogen and oxygen atoms in total. The van der Waals surface area contributed by atoms with Gasteiger partial charge in [0.15, 0.2) is 0 Å². The number of aryl methyl sites for hydroxylation is 1. The molecule has 0 bridgehead atoms. The Morgan fingerprint density at radius 3 is 2.64 bits per heavy atom. The van der Waals surface area contributed by atoms with Crippen molar-refractivity contribution in [3.05, 3.63) is 40.2 Å². The lowest BCUT2D eigenvalue weighted by molar-refractivity contribution is -0.140. The van der Waals surface area contributed by atoms with Crippen LogP contribution in [0.5, 0.6) is 0 Å². The number of rotatable bonds is 1. The van der Waals surface area contributed by atoms with E-state index in [-0.39, 0.29) is 11.5 Å². The fraction of sp³-hybridized carbons (Fsp3) is 0.267. The van der Waals surface area contributed by atoms with Gasteiger partial charge >= 0.3 is 11.6 Å². The van der Waals surface area contributed by atoms with Gasteiger partial charge in [-0.05, 0) is 31.0 Å². The minimum Gasteiger partial charge on any atom is -0.480 e. The Morgan fingerprint density at radius 2 is 2.09 bits per heavy atom. The average Bonchev–Trinajstić information content (AvgIpc) is 2.85. The SMILES string of the molecule is Cc1cc(=O)oc2cc(N)ccc12.O=C1CCC(C(=O)O)N1. The topological polar surface area (TPSA) is 123 Å². The molecule has 2 aromatic rings. The third-order valence-electron chi connectivity index (χ3n) is 3.27. The number of nitrogens with two attached hydrogens (primary N) is 1. The molecular formula is C15H16N2O5. The lowest BCUT2D eigenvalue weighted by Crippen LogP contribution is -2.32. The number of carboxylic acid groups (broad SMARTS) is 1. The van der Waals surface area contributed by atoms with Gasteiger partial charge in [-0.1, -0.05) is 0 Å². The molecule has 0 aliphatic carbocycles. The summed E-state index contributed by atoms with van der Waals surface area (Å²) in [6, 6.07) is 6.12. The Hall–Kier alpha value is -2.83. The second-order valence-electron chi connectivity index (χ2n) is 5.00. The quantitative estimate of drug-likeness (QED) is 0.534. The predicted octanol–water partition coefficient (Wildman–Crippen LogP) is 1.03. The van der Waals surface area contributed by atoms with Crippen LogP contribution in [-0.4, -0.2) is 23.0 Å². The van der Waals surface area contributed by atoms with Gasteiger partial charge in [-0.15, -0.1) is 0 Å². The summed E-state index contributed by atoms with van der Waals surface area (Å²) >= 11 is 0. The summed E-state index contributed by atoms with van der Waals surface area (Å²) < 4.78 is 4.99.